The SMILES string of the molecule is CC(Oc1cccc2ccccc12)C(=O)Nc1ncnn1C. The number of amides is 1. The second kappa shape index (κ2) is 5.85. The fraction of sp³-hybridized carbons (Fsp3) is 0.188. The third kappa shape index (κ3) is 2.76. The average molecular weight is 296 g/mol. The van der Waals surface area contributed by atoms with Crippen molar-refractivity contribution >= 4 is 22.6 Å². The first-order valence-electron chi connectivity index (χ1n) is 6.94. The van der Waals surface area contributed by atoms with Crippen LogP contribution in [-0.4, -0.2) is 26.8 Å². The maximum absolute atomic E-state index is 12.2. The second-order valence-corrected chi connectivity index (χ2v) is 4.93. The van der Waals surface area contributed by atoms with Crippen LogP contribution in [0.2, 0.25) is 0 Å². The van der Waals surface area contributed by atoms with E-state index in [0.717, 1.165) is 10.8 Å². The molecule has 0 aliphatic heterocycles. The molecule has 3 aromatic rings. The first kappa shape index (κ1) is 14.1. The Hall–Kier alpha value is -2.89. The quantitative estimate of drug-likeness (QED) is 0.802. The first-order valence-corrected chi connectivity index (χ1v) is 6.94. The Morgan fingerprint density at radius 2 is 2.00 bits per heavy atom. The lowest BCUT2D eigenvalue weighted by Crippen LogP contribution is -2.31. The van der Waals surface area contributed by atoms with Crippen molar-refractivity contribution in [3.05, 3.63) is 48.8 Å². The van der Waals surface area contributed by atoms with E-state index in [2.05, 4.69) is 15.4 Å². The van der Waals surface area contributed by atoms with Gasteiger partial charge < -0.3 is 4.74 Å². The molecule has 1 atom stereocenters. The number of anilines is 1. The first-order chi connectivity index (χ1) is 10.6. The number of ether oxygens (including phenoxy) is 1. The topological polar surface area (TPSA) is 69.0 Å². The standard InChI is InChI=1S/C16H16N4O2/c1-11(15(21)19-16-17-10-18-20(16)2)22-14-9-5-7-12-6-3-4-8-13(12)14/h3-11H,1-2H3,(H,17,18,19,21). The van der Waals surface area contributed by atoms with Crippen LogP contribution in [0.3, 0.4) is 0 Å². The van der Waals surface area contributed by atoms with Crippen LogP contribution in [0.25, 0.3) is 10.8 Å². The molecule has 0 saturated heterocycles. The molecule has 1 amide bonds. The Labute approximate surface area is 127 Å². The van der Waals surface area contributed by atoms with E-state index in [-0.39, 0.29) is 5.91 Å². The van der Waals surface area contributed by atoms with Crippen molar-refractivity contribution in [2.75, 3.05) is 5.32 Å². The van der Waals surface area contributed by atoms with Gasteiger partial charge in [0.15, 0.2) is 6.10 Å². The predicted molar refractivity (Wildman–Crippen MR) is 83.7 cm³/mol. The van der Waals surface area contributed by atoms with Crippen molar-refractivity contribution in [2.45, 2.75) is 13.0 Å². The Morgan fingerprint density at radius 3 is 2.77 bits per heavy atom. The highest BCUT2D eigenvalue weighted by atomic mass is 16.5. The van der Waals surface area contributed by atoms with Gasteiger partial charge in [0.25, 0.3) is 5.91 Å². The zero-order valence-corrected chi connectivity index (χ0v) is 12.4. The number of aromatic nitrogens is 3. The molecule has 0 aliphatic rings. The van der Waals surface area contributed by atoms with Gasteiger partial charge >= 0.3 is 0 Å². The number of benzene rings is 2. The van der Waals surface area contributed by atoms with Crippen LogP contribution >= 0.6 is 0 Å². The van der Waals surface area contributed by atoms with Gasteiger partial charge in [0.2, 0.25) is 5.95 Å². The zero-order valence-electron chi connectivity index (χ0n) is 12.4. The normalized spacial score (nSPS) is 12.1. The van der Waals surface area contributed by atoms with E-state index in [1.54, 1.807) is 14.0 Å². The number of carbonyl (C=O) groups excluding carboxylic acids is 1. The summed E-state index contributed by atoms with van der Waals surface area (Å²) in [6.45, 7) is 1.70. The summed E-state index contributed by atoms with van der Waals surface area (Å²) in [5.74, 6) is 0.793. The molecule has 0 saturated carbocycles. The highest BCUT2D eigenvalue weighted by molar-refractivity contribution is 5.93. The molecule has 1 heterocycles. The van der Waals surface area contributed by atoms with E-state index in [1.807, 2.05) is 42.5 Å². The molecule has 1 unspecified atom stereocenters. The highest BCUT2D eigenvalue weighted by Crippen LogP contribution is 2.26. The summed E-state index contributed by atoms with van der Waals surface area (Å²) in [6.07, 6.45) is 0.730. The van der Waals surface area contributed by atoms with Crippen LogP contribution in [0.1, 0.15) is 6.92 Å². The van der Waals surface area contributed by atoms with Crippen LogP contribution in [-0.2, 0) is 11.8 Å². The minimum atomic E-state index is -0.650. The van der Waals surface area contributed by atoms with Crippen molar-refractivity contribution in [1.82, 2.24) is 14.8 Å². The summed E-state index contributed by atoms with van der Waals surface area (Å²) in [6, 6.07) is 13.7. The third-order valence-electron chi connectivity index (χ3n) is 3.37. The number of rotatable bonds is 4. The zero-order chi connectivity index (χ0) is 15.5. The fourth-order valence-corrected chi connectivity index (χ4v) is 2.16. The average Bonchev–Trinajstić information content (AvgIpc) is 2.93. The van der Waals surface area contributed by atoms with E-state index in [9.17, 15) is 4.79 Å². The maximum Gasteiger partial charge on any atom is 0.267 e. The molecule has 0 radical (unpaired) electrons. The lowest BCUT2D eigenvalue weighted by molar-refractivity contribution is -0.122. The lowest BCUT2D eigenvalue weighted by Gasteiger charge is -2.15. The van der Waals surface area contributed by atoms with Gasteiger partial charge in [-0.2, -0.15) is 10.1 Å². The Kier molecular flexibility index (Phi) is 3.74. The molecule has 0 aliphatic carbocycles. The molecule has 6 nitrogen and oxygen atoms in total. The molecule has 0 spiro atoms. The summed E-state index contributed by atoms with van der Waals surface area (Å²) in [5, 5.41) is 8.63. The second-order valence-electron chi connectivity index (χ2n) is 4.93. The minimum Gasteiger partial charge on any atom is -0.480 e. The van der Waals surface area contributed by atoms with E-state index < -0.39 is 6.10 Å². The number of carbonyl (C=O) groups is 1. The summed E-state index contributed by atoms with van der Waals surface area (Å²) < 4.78 is 7.30. The summed E-state index contributed by atoms with van der Waals surface area (Å²) >= 11 is 0. The van der Waals surface area contributed by atoms with Gasteiger partial charge in [-0.05, 0) is 18.4 Å². The van der Waals surface area contributed by atoms with Crippen molar-refractivity contribution in [2.24, 2.45) is 7.05 Å². The minimum absolute atomic E-state index is 0.274. The van der Waals surface area contributed by atoms with Crippen LogP contribution in [0.15, 0.2) is 48.8 Å². The molecule has 1 aromatic heterocycles. The smallest absolute Gasteiger partial charge is 0.267 e. The maximum atomic E-state index is 12.2. The molecule has 2 aromatic carbocycles. The molecule has 6 heteroatoms. The van der Waals surface area contributed by atoms with Crippen LogP contribution in [0.5, 0.6) is 5.75 Å². The molecule has 3 rings (SSSR count). The summed E-state index contributed by atoms with van der Waals surface area (Å²) in [7, 11) is 1.71. The monoisotopic (exact) mass is 296 g/mol. The lowest BCUT2D eigenvalue weighted by atomic mass is 10.1. The third-order valence-corrected chi connectivity index (χ3v) is 3.37. The van der Waals surface area contributed by atoms with E-state index in [4.69, 9.17) is 4.74 Å². The number of fused-ring (bicyclic) bond motifs is 1. The van der Waals surface area contributed by atoms with Crippen LogP contribution in [0, 0.1) is 0 Å². The predicted octanol–water partition coefficient (Wildman–Crippen LogP) is 2.37. The summed E-state index contributed by atoms with van der Waals surface area (Å²) in [5.41, 5.74) is 0. The molecule has 22 heavy (non-hydrogen) atoms. The van der Waals surface area contributed by atoms with Gasteiger partial charge in [0, 0.05) is 12.4 Å². The molecular weight excluding hydrogens is 280 g/mol. The van der Waals surface area contributed by atoms with Crippen molar-refractivity contribution in [3.8, 4) is 5.75 Å². The molecule has 0 fully saturated rings. The summed E-state index contributed by atoms with van der Waals surface area (Å²) in [4.78, 5) is 16.1. The Morgan fingerprint density at radius 1 is 1.23 bits per heavy atom. The van der Waals surface area contributed by atoms with E-state index in [0.29, 0.717) is 11.7 Å². The van der Waals surface area contributed by atoms with Crippen molar-refractivity contribution in [1.29, 1.82) is 0 Å². The largest absolute Gasteiger partial charge is 0.480 e. The molecular formula is C16H16N4O2. The van der Waals surface area contributed by atoms with Gasteiger partial charge in [-0.15, -0.1) is 0 Å². The van der Waals surface area contributed by atoms with Gasteiger partial charge in [-0.25, -0.2) is 4.68 Å². The van der Waals surface area contributed by atoms with Crippen molar-refractivity contribution in [3.63, 3.8) is 0 Å². The molecule has 1 N–H and O–H groups in total. The van der Waals surface area contributed by atoms with Crippen LogP contribution in [0.4, 0.5) is 5.95 Å². The van der Waals surface area contributed by atoms with Crippen LogP contribution < -0.4 is 10.1 Å². The van der Waals surface area contributed by atoms with Gasteiger partial charge in [-0.1, -0.05) is 36.4 Å². The van der Waals surface area contributed by atoms with Crippen molar-refractivity contribution < 1.29 is 9.53 Å². The van der Waals surface area contributed by atoms with Gasteiger partial charge in [0.1, 0.15) is 12.1 Å². The Bertz CT molecular complexity index is 807. The number of hydrogen-bond donors (Lipinski definition) is 1. The number of nitrogens with zero attached hydrogens (tertiary/aromatic N) is 3. The van der Waals surface area contributed by atoms with E-state index >= 15 is 0 Å². The Balaban J connectivity index is 1.77. The van der Waals surface area contributed by atoms with E-state index in [1.165, 1.54) is 11.0 Å². The number of aryl methyl sites for hydroxylation is 1. The van der Waals surface area contributed by atoms with Gasteiger partial charge in [0.05, 0.1) is 0 Å². The van der Waals surface area contributed by atoms with Gasteiger partial charge in [-0.3, -0.25) is 10.1 Å². The molecule has 112 valence electrons. The number of hydrogen-bond acceptors (Lipinski definition) is 4. The fourth-order valence-electron chi connectivity index (χ4n) is 2.16. The highest BCUT2D eigenvalue weighted by Gasteiger charge is 2.17. The number of nitrogens with one attached hydrogen (secondary N) is 1. The molecule has 0 bridgehead atoms.